The molecule has 3 aromatic rings. The number of hydrogen-bond acceptors (Lipinski definition) is 5. The van der Waals surface area contributed by atoms with Crippen LogP contribution in [-0.4, -0.2) is 26.0 Å². The Morgan fingerprint density at radius 3 is 2.36 bits per heavy atom. The Labute approximate surface area is 213 Å². The molecule has 0 aliphatic carbocycles. The highest BCUT2D eigenvalue weighted by Crippen LogP contribution is 2.33. The van der Waals surface area contributed by atoms with Crippen molar-refractivity contribution in [2.75, 3.05) is 6.54 Å². The van der Waals surface area contributed by atoms with Gasteiger partial charge in [0.25, 0.3) is 5.91 Å². The van der Waals surface area contributed by atoms with E-state index in [4.69, 9.17) is 9.88 Å². The van der Waals surface area contributed by atoms with Crippen LogP contribution in [0.15, 0.2) is 71.6 Å². The molecule has 1 unspecified atom stereocenters. The summed E-state index contributed by atoms with van der Waals surface area (Å²) in [6, 6.07) is 18.9. The summed E-state index contributed by atoms with van der Waals surface area (Å²) in [6.45, 7) is 8.49. The van der Waals surface area contributed by atoms with E-state index in [0.29, 0.717) is 19.4 Å². The molecule has 0 heterocycles. The van der Waals surface area contributed by atoms with E-state index in [-0.39, 0.29) is 33.6 Å². The van der Waals surface area contributed by atoms with Gasteiger partial charge < -0.3 is 15.2 Å². The van der Waals surface area contributed by atoms with Gasteiger partial charge in [0.1, 0.15) is 17.6 Å². The third-order valence-corrected chi connectivity index (χ3v) is 7.08. The number of phenols is 1. The SMILES string of the molecule is Cc1ccc(C)c(OC(CCC(C)(C)CNC(=O)c2ccccc2O)c2ccc(S(N)(=O)=O)cc2)c1. The molecule has 3 aromatic carbocycles. The fourth-order valence-electron chi connectivity index (χ4n) is 3.84. The number of para-hydroxylation sites is 1. The van der Waals surface area contributed by atoms with Gasteiger partial charge in [-0.25, -0.2) is 13.6 Å². The molecule has 0 aromatic heterocycles. The number of rotatable bonds is 10. The number of aromatic hydroxyl groups is 1. The molecule has 1 amide bonds. The van der Waals surface area contributed by atoms with Crippen LogP contribution in [0.25, 0.3) is 0 Å². The standard InChI is InChI=1S/C28H34N2O5S/c1-19-9-10-20(2)26(17-19)35-25(21-11-13-22(14-12-21)36(29,33)34)15-16-28(3,4)18-30-27(32)23-7-5-6-8-24(23)31/h5-14,17,25,31H,15-16,18H2,1-4H3,(H,30,32)(H2,29,33,34). The predicted molar refractivity (Wildman–Crippen MR) is 141 cm³/mol. The Balaban J connectivity index is 1.76. The Morgan fingerprint density at radius 1 is 1.06 bits per heavy atom. The molecular weight excluding hydrogens is 476 g/mol. The van der Waals surface area contributed by atoms with E-state index in [2.05, 4.69) is 19.2 Å². The summed E-state index contributed by atoms with van der Waals surface area (Å²) in [6.07, 6.45) is 0.996. The second-order valence-electron chi connectivity index (χ2n) is 9.89. The number of benzene rings is 3. The molecule has 1 atom stereocenters. The highest BCUT2D eigenvalue weighted by atomic mass is 32.2. The number of aryl methyl sites for hydroxylation is 2. The van der Waals surface area contributed by atoms with E-state index >= 15 is 0 Å². The molecule has 36 heavy (non-hydrogen) atoms. The Morgan fingerprint density at radius 2 is 1.72 bits per heavy atom. The molecule has 0 aliphatic rings. The van der Waals surface area contributed by atoms with Gasteiger partial charge in [-0.3, -0.25) is 4.79 Å². The predicted octanol–water partition coefficient (Wildman–Crippen LogP) is 5.01. The van der Waals surface area contributed by atoms with Crippen molar-refractivity contribution < 1.29 is 23.1 Å². The van der Waals surface area contributed by atoms with Crippen LogP contribution in [0, 0.1) is 19.3 Å². The van der Waals surface area contributed by atoms with E-state index in [1.54, 1.807) is 30.3 Å². The van der Waals surface area contributed by atoms with Crippen molar-refractivity contribution in [2.24, 2.45) is 10.6 Å². The molecule has 7 nitrogen and oxygen atoms in total. The minimum atomic E-state index is -3.79. The first-order chi connectivity index (χ1) is 16.9. The second kappa shape index (κ2) is 11.1. The largest absolute Gasteiger partial charge is 0.507 e. The van der Waals surface area contributed by atoms with Crippen LogP contribution in [-0.2, 0) is 10.0 Å². The number of primary sulfonamides is 1. The molecule has 0 saturated carbocycles. The van der Waals surface area contributed by atoms with E-state index in [9.17, 15) is 18.3 Å². The van der Waals surface area contributed by atoms with E-state index in [1.165, 1.54) is 18.2 Å². The van der Waals surface area contributed by atoms with Crippen molar-refractivity contribution in [2.45, 2.75) is 51.5 Å². The summed E-state index contributed by atoms with van der Waals surface area (Å²) in [4.78, 5) is 12.6. The number of amides is 1. The number of hydrogen-bond donors (Lipinski definition) is 3. The van der Waals surface area contributed by atoms with Gasteiger partial charge in [-0.1, -0.05) is 50.2 Å². The van der Waals surface area contributed by atoms with Crippen LogP contribution >= 0.6 is 0 Å². The summed E-state index contributed by atoms with van der Waals surface area (Å²) in [5.74, 6) is 0.377. The van der Waals surface area contributed by atoms with Crippen LogP contribution in [0.3, 0.4) is 0 Å². The first kappa shape index (κ1) is 27.2. The summed E-state index contributed by atoms with van der Waals surface area (Å²) in [7, 11) is -3.79. The molecule has 0 bridgehead atoms. The molecule has 0 fully saturated rings. The van der Waals surface area contributed by atoms with Crippen LogP contribution in [0.2, 0.25) is 0 Å². The average Bonchev–Trinajstić information content (AvgIpc) is 2.82. The maximum atomic E-state index is 12.5. The highest BCUT2D eigenvalue weighted by Gasteiger charge is 2.24. The summed E-state index contributed by atoms with van der Waals surface area (Å²) < 4.78 is 29.8. The van der Waals surface area contributed by atoms with Crippen LogP contribution < -0.4 is 15.2 Å². The van der Waals surface area contributed by atoms with Crippen molar-refractivity contribution >= 4 is 15.9 Å². The number of ether oxygens (including phenoxy) is 1. The van der Waals surface area contributed by atoms with Crippen LogP contribution in [0.5, 0.6) is 11.5 Å². The van der Waals surface area contributed by atoms with Gasteiger partial charge in [-0.15, -0.1) is 0 Å². The zero-order chi connectivity index (χ0) is 26.5. The van der Waals surface area contributed by atoms with Gasteiger partial charge in [-0.05, 0) is 79.1 Å². The fraction of sp³-hybridized carbons (Fsp3) is 0.321. The van der Waals surface area contributed by atoms with Gasteiger partial charge >= 0.3 is 0 Å². The zero-order valence-corrected chi connectivity index (χ0v) is 21.9. The topological polar surface area (TPSA) is 119 Å². The Hall–Kier alpha value is -3.36. The molecular formula is C28H34N2O5S. The molecule has 8 heteroatoms. The average molecular weight is 511 g/mol. The van der Waals surface area contributed by atoms with Gasteiger partial charge in [0.05, 0.1) is 10.5 Å². The quantitative estimate of drug-likeness (QED) is 0.354. The lowest BCUT2D eigenvalue weighted by Crippen LogP contribution is -2.34. The lowest BCUT2D eigenvalue weighted by atomic mass is 9.85. The van der Waals surface area contributed by atoms with Crippen LogP contribution in [0.4, 0.5) is 0 Å². The normalized spacial score (nSPS) is 12.7. The molecule has 192 valence electrons. The zero-order valence-electron chi connectivity index (χ0n) is 21.1. The van der Waals surface area contributed by atoms with Crippen molar-refractivity contribution in [3.8, 4) is 11.5 Å². The summed E-state index contributed by atoms with van der Waals surface area (Å²) >= 11 is 0. The highest BCUT2D eigenvalue weighted by molar-refractivity contribution is 7.89. The molecule has 3 rings (SSSR count). The van der Waals surface area contributed by atoms with Crippen molar-refractivity contribution in [3.63, 3.8) is 0 Å². The van der Waals surface area contributed by atoms with E-state index in [0.717, 1.165) is 22.4 Å². The van der Waals surface area contributed by atoms with Gasteiger partial charge in [0.2, 0.25) is 10.0 Å². The van der Waals surface area contributed by atoms with Crippen LogP contribution in [0.1, 0.15) is 59.8 Å². The van der Waals surface area contributed by atoms with Gasteiger partial charge in [0.15, 0.2) is 0 Å². The van der Waals surface area contributed by atoms with Crippen molar-refractivity contribution in [1.29, 1.82) is 0 Å². The smallest absolute Gasteiger partial charge is 0.255 e. The molecule has 0 saturated heterocycles. The molecule has 0 radical (unpaired) electrons. The first-order valence-corrected chi connectivity index (χ1v) is 13.3. The fourth-order valence-corrected chi connectivity index (χ4v) is 4.36. The molecule has 0 aliphatic heterocycles. The Bertz CT molecular complexity index is 1320. The Kier molecular flexibility index (Phi) is 8.43. The number of sulfonamides is 1. The number of carbonyl (C=O) groups is 1. The monoisotopic (exact) mass is 510 g/mol. The number of phenolic OH excluding ortho intramolecular Hbond substituents is 1. The van der Waals surface area contributed by atoms with E-state index in [1.807, 2.05) is 32.0 Å². The third-order valence-electron chi connectivity index (χ3n) is 6.15. The number of nitrogens with two attached hydrogens (primary N) is 1. The lowest BCUT2D eigenvalue weighted by molar-refractivity contribution is 0.0926. The molecule has 4 N–H and O–H groups in total. The van der Waals surface area contributed by atoms with Crippen molar-refractivity contribution in [3.05, 3.63) is 89.0 Å². The third kappa shape index (κ3) is 7.32. The van der Waals surface area contributed by atoms with E-state index < -0.39 is 10.0 Å². The molecule has 0 spiro atoms. The number of carbonyl (C=O) groups excluding carboxylic acids is 1. The van der Waals surface area contributed by atoms with Crippen molar-refractivity contribution in [1.82, 2.24) is 5.32 Å². The maximum Gasteiger partial charge on any atom is 0.255 e. The summed E-state index contributed by atoms with van der Waals surface area (Å²) in [5.41, 5.74) is 2.87. The van der Waals surface area contributed by atoms with Gasteiger partial charge in [-0.2, -0.15) is 0 Å². The second-order valence-corrected chi connectivity index (χ2v) is 11.5. The maximum absolute atomic E-state index is 12.5. The summed E-state index contributed by atoms with van der Waals surface area (Å²) in [5, 5.41) is 18.1. The number of nitrogens with one attached hydrogen (secondary N) is 1. The minimum absolute atomic E-state index is 0.0453. The minimum Gasteiger partial charge on any atom is -0.507 e. The lowest BCUT2D eigenvalue weighted by Gasteiger charge is -2.28. The first-order valence-electron chi connectivity index (χ1n) is 11.8. The van der Waals surface area contributed by atoms with Gasteiger partial charge in [0, 0.05) is 6.54 Å².